The molecule has 3 heterocycles. The van der Waals surface area contributed by atoms with Crippen molar-refractivity contribution in [3.63, 3.8) is 0 Å². The van der Waals surface area contributed by atoms with Crippen LogP contribution in [0, 0.1) is 5.92 Å². The van der Waals surface area contributed by atoms with Gasteiger partial charge in [-0.25, -0.2) is 4.79 Å². The molecule has 2 aliphatic heterocycles. The molecule has 8 heteroatoms. The number of rotatable bonds is 4. The Bertz CT molecular complexity index is 1310. The summed E-state index contributed by atoms with van der Waals surface area (Å²) in [6, 6.07) is 18.1. The van der Waals surface area contributed by atoms with Crippen molar-refractivity contribution in [1.29, 1.82) is 0 Å². The number of amides is 1. The number of hydrogen-bond donors (Lipinski definition) is 0. The summed E-state index contributed by atoms with van der Waals surface area (Å²) in [5, 5.41) is 0. The Hall–Kier alpha value is -3.68. The maximum atomic E-state index is 13.4. The molecular weight excluding hydrogens is 493 g/mol. The number of hydrogen-bond acceptors (Lipinski definition) is 4. The Morgan fingerprint density at radius 2 is 1.50 bits per heavy atom. The normalized spacial score (nSPS) is 22.5. The van der Waals surface area contributed by atoms with Gasteiger partial charge in [-0.3, -0.25) is 9.78 Å². The highest BCUT2D eigenvalue weighted by atomic mass is 19.4. The van der Waals surface area contributed by atoms with Gasteiger partial charge in [-0.05, 0) is 66.5 Å². The van der Waals surface area contributed by atoms with E-state index in [-0.39, 0.29) is 48.0 Å². The van der Waals surface area contributed by atoms with Gasteiger partial charge in [-0.15, -0.1) is 0 Å². The van der Waals surface area contributed by atoms with Gasteiger partial charge >= 0.3 is 12.3 Å². The van der Waals surface area contributed by atoms with Crippen LogP contribution in [0.2, 0.25) is 0 Å². The summed E-state index contributed by atoms with van der Waals surface area (Å²) in [7, 11) is 0. The van der Waals surface area contributed by atoms with Crippen LogP contribution in [0.3, 0.4) is 0 Å². The van der Waals surface area contributed by atoms with Crippen molar-refractivity contribution in [2.75, 3.05) is 6.61 Å². The molecule has 0 spiro atoms. The minimum Gasteiger partial charge on any atom is -0.448 e. The molecule has 1 aliphatic carbocycles. The van der Waals surface area contributed by atoms with Gasteiger partial charge in [0.2, 0.25) is 0 Å². The molecule has 2 fully saturated rings. The van der Waals surface area contributed by atoms with Crippen LogP contribution in [-0.4, -0.2) is 40.5 Å². The molecule has 2 unspecified atom stereocenters. The van der Waals surface area contributed by atoms with E-state index in [4.69, 9.17) is 4.74 Å². The molecular formula is C30H27F3N2O3. The van der Waals surface area contributed by atoms with Crippen LogP contribution in [0.25, 0.3) is 11.1 Å². The number of nitrogens with zero attached hydrogens (tertiary/aromatic N) is 2. The molecule has 2 atom stereocenters. The first-order valence-corrected chi connectivity index (χ1v) is 13.0. The standard InChI is InChI=1S/C30H27F3N2O3/c31-30(32,33)27-13-12-18(16-34-27)28(36)19-14-20-6-5-7-21(15-19)35(20)29(37)38-17-26-24-10-3-1-8-22(24)23-9-2-4-11-25(23)26/h1-4,8-13,16,19-21,26H,5-7,14-15,17H2. The van der Waals surface area contributed by atoms with E-state index in [0.717, 1.165) is 53.8 Å². The first-order chi connectivity index (χ1) is 18.3. The number of Topliss-reactive ketones (excluding diaryl/α,β-unsaturated/α-hetero) is 1. The average molecular weight is 521 g/mol. The van der Waals surface area contributed by atoms with E-state index in [1.807, 2.05) is 29.2 Å². The van der Waals surface area contributed by atoms with Gasteiger partial charge in [-0.2, -0.15) is 13.2 Å². The number of piperidine rings is 2. The van der Waals surface area contributed by atoms with Gasteiger partial charge in [0.1, 0.15) is 12.3 Å². The highest BCUT2D eigenvalue weighted by Crippen LogP contribution is 2.45. The predicted octanol–water partition coefficient (Wildman–Crippen LogP) is 6.87. The van der Waals surface area contributed by atoms with Crippen molar-refractivity contribution in [2.45, 2.75) is 56.3 Å². The van der Waals surface area contributed by atoms with Crippen LogP contribution in [0.1, 0.15) is 65.2 Å². The lowest BCUT2D eigenvalue weighted by Gasteiger charge is -2.47. The summed E-state index contributed by atoms with van der Waals surface area (Å²) in [4.78, 5) is 31.8. The van der Waals surface area contributed by atoms with E-state index in [1.54, 1.807) is 0 Å². The fraction of sp³-hybridized carbons (Fsp3) is 0.367. The Labute approximate surface area is 218 Å². The largest absolute Gasteiger partial charge is 0.448 e. The Balaban J connectivity index is 1.14. The third kappa shape index (κ3) is 4.36. The number of alkyl halides is 3. The van der Waals surface area contributed by atoms with E-state index >= 15 is 0 Å². The molecule has 5 nitrogen and oxygen atoms in total. The molecule has 0 radical (unpaired) electrons. The van der Waals surface area contributed by atoms with Crippen LogP contribution < -0.4 is 0 Å². The van der Waals surface area contributed by atoms with E-state index in [0.29, 0.717) is 12.8 Å². The number of pyridine rings is 1. The fourth-order valence-corrected chi connectivity index (χ4v) is 6.51. The lowest BCUT2D eigenvalue weighted by Crippen LogP contribution is -2.55. The molecule has 2 saturated heterocycles. The van der Waals surface area contributed by atoms with Gasteiger partial charge in [0.15, 0.2) is 5.78 Å². The molecule has 0 saturated carbocycles. The summed E-state index contributed by atoms with van der Waals surface area (Å²) in [5.41, 5.74) is 3.79. The number of ether oxygens (including phenoxy) is 1. The number of carbonyl (C=O) groups excluding carboxylic acids is 2. The number of halogens is 3. The van der Waals surface area contributed by atoms with Crippen LogP contribution in [0.15, 0.2) is 66.9 Å². The lowest BCUT2D eigenvalue weighted by molar-refractivity contribution is -0.141. The maximum absolute atomic E-state index is 13.4. The minimum atomic E-state index is -4.55. The van der Waals surface area contributed by atoms with Gasteiger partial charge in [0, 0.05) is 35.7 Å². The molecule has 38 heavy (non-hydrogen) atoms. The second-order valence-corrected chi connectivity index (χ2v) is 10.4. The van der Waals surface area contributed by atoms with Gasteiger partial charge in [0.25, 0.3) is 0 Å². The van der Waals surface area contributed by atoms with Crippen LogP contribution >= 0.6 is 0 Å². The number of aromatic nitrogens is 1. The maximum Gasteiger partial charge on any atom is 0.433 e. The molecule has 6 rings (SSSR count). The Morgan fingerprint density at radius 3 is 2.05 bits per heavy atom. The van der Waals surface area contributed by atoms with Gasteiger partial charge in [-0.1, -0.05) is 48.5 Å². The molecule has 2 bridgehead atoms. The summed E-state index contributed by atoms with van der Waals surface area (Å²) < 4.78 is 44.5. The van der Waals surface area contributed by atoms with Crippen molar-refractivity contribution < 1.29 is 27.5 Å². The van der Waals surface area contributed by atoms with Crippen LogP contribution in [0.5, 0.6) is 0 Å². The lowest BCUT2D eigenvalue weighted by atomic mass is 9.76. The molecule has 3 aliphatic rings. The zero-order valence-corrected chi connectivity index (χ0v) is 20.7. The number of fused-ring (bicyclic) bond motifs is 5. The van der Waals surface area contributed by atoms with Crippen molar-refractivity contribution in [3.05, 3.63) is 89.2 Å². The van der Waals surface area contributed by atoms with E-state index in [9.17, 15) is 22.8 Å². The van der Waals surface area contributed by atoms with Crippen molar-refractivity contribution in [3.8, 4) is 11.1 Å². The second kappa shape index (κ2) is 9.57. The van der Waals surface area contributed by atoms with Crippen molar-refractivity contribution in [2.24, 2.45) is 5.92 Å². The highest BCUT2D eigenvalue weighted by Gasteiger charge is 2.44. The zero-order chi connectivity index (χ0) is 26.4. The third-order valence-electron chi connectivity index (χ3n) is 8.23. The quantitative estimate of drug-likeness (QED) is 0.353. The Morgan fingerprint density at radius 1 is 0.895 bits per heavy atom. The monoisotopic (exact) mass is 520 g/mol. The smallest absolute Gasteiger partial charge is 0.433 e. The molecule has 1 amide bonds. The molecule has 0 N–H and O–H groups in total. The first kappa shape index (κ1) is 24.6. The van der Waals surface area contributed by atoms with Crippen molar-refractivity contribution in [1.82, 2.24) is 9.88 Å². The summed E-state index contributed by atoms with van der Waals surface area (Å²) in [5.74, 6) is -0.603. The predicted molar refractivity (Wildman–Crippen MR) is 135 cm³/mol. The fourth-order valence-electron chi connectivity index (χ4n) is 6.51. The Kier molecular flexibility index (Phi) is 6.20. The molecule has 2 aromatic carbocycles. The molecule has 1 aromatic heterocycles. The highest BCUT2D eigenvalue weighted by molar-refractivity contribution is 5.97. The SMILES string of the molecule is O=C(c1ccc(C(F)(F)F)nc1)C1CC2CCCC(C1)N2C(=O)OCC1c2ccccc2-c2ccccc21. The van der Waals surface area contributed by atoms with Crippen molar-refractivity contribution >= 4 is 11.9 Å². The van der Waals surface area contributed by atoms with Crippen LogP contribution in [0.4, 0.5) is 18.0 Å². The van der Waals surface area contributed by atoms with Crippen LogP contribution in [-0.2, 0) is 10.9 Å². The van der Waals surface area contributed by atoms with E-state index in [1.165, 1.54) is 6.07 Å². The first-order valence-electron chi connectivity index (χ1n) is 13.0. The van der Waals surface area contributed by atoms with E-state index < -0.39 is 11.9 Å². The topological polar surface area (TPSA) is 59.5 Å². The summed E-state index contributed by atoms with van der Waals surface area (Å²) >= 11 is 0. The third-order valence-corrected chi connectivity index (χ3v) is 8.23. The molecule has 3 aromatic rings. The summed E-state index contributed by atoms with van der Waals surface area (Å²) in [6.07, 6.45) is -0.437. The average Bonchev–Trinajstić information content (AvgIpc) is 3.24. The van der Waals surface area contributed by atoms with Gasteiger partial charge in [0.05, 0.1) is 0 Å². The minimum absolute atomic E-state index is 0.0301. The molecule has 196 valence electrons. The number of benzene rings is 2. The zero-order valence-electron chi connectivity index (χ0n) is 20.7. The van der Waals surface area contributed by atoms with Gasteiger partial charge < -0.3 is 9.64 Å². The summed E-state index contributed by atoms with van der Waals surface area (Å²) in [6.45, 7) is 0.238. The van der Waals surface area contributed by atoms with E-state index in [2.05, 4.69) is 29.2 Å². The number of ketones is 1. The second-order valence-electron chi connectivity index (χ2n) is 10.4. The number of carbonyl (C=O) groups is 2.